The molecule has 72 valence electrons. The predicted octanol–water partition coefficient (Wildman–Crippen LogP) is 2.45. The molecule has 3 nitrogen and oxygen atoms in total. The Kier molecular flexibility index (Phi) is 3.41. The highest BCUT2D eigenvalue weighted by Gasteiger charge is 2.08. The summed E-state index contributed by atoms with van der Waals surface area (Å²) in [5, 5.41) is 0. The molecule has 0 saturated carbocycles. The molecule has 0 amide bonds. The Morgan fingerprint density at radius 1 is 1.54 bits per heavy atom. The number of pyridine rings is 1. The molecule has 13 heavy (non-hydrogen) atoms. The molecule has 1 aromatic heterocycles. The summed E-state index contributed by atoms with van der Waals surface area (Å²) >= 11 is 3.13. The van der Waals surface area contributed by atoms with Gasteiger partial charge < -0.3 is 9.47 Å². The highest BCUT2D eigenvalue weighted by Crippen LogP contribution is 2.27. The molecule has 0 bridgehead atoms. The zero-order valence-corrected chi connectivity index (χ0v) is 8.22. The Balaban J connectivity index is 2.86. The molecule has 0 N–H and O–H groups in total. The molecule has 6 heteroatoms. The quantitative estimate of drug-likeness (QED) is 0.830. The molecule has 1 rings (SSSR count). The summed E-state index contributed by atoms with van der Waals surface area (Å²) in [7, 11) is 1.42. The van der Waals surface area contributed by atoms with Crippen molar-refractivity contribution in [2.24, 2.45) is 0 Å². The molecule has 0 atom stereocenters. The highest BCUT2D eigenvalue weighted by atomic mass is 79.9. The van der Waals surface area contributed by atoms with Crippen LogP contribution in [0.4, 0.5) is 8.78 Å². The second kappa shape index (κ2) is 4.36. The highest BCUT2D eigenvalue weighted by molar-refractivity contribution is 9.10. The predicted molar refractivity (Wildman–Crippen MR) is 45.1 cm³/mol. The number of halogens is 3. The summed E-state index contributed by atoms with van der Waals surface area (Å²) in [6, 6.07) is 1.27. The van der Waals surface area contributed by atoms with Gasteiger partial charge in [-0.25, -0.2) is 4.98 Å². The molecule has 0 radical (unpaired) electrons. The summed E-state index contributed by atoms with van der Waals surface area (Å²) in [5.41, 5.74) is 0. The standard InChI is InChI=1S/C7H6BrF2NO2/c1-12-5-2-6(13-7(9)10)11-3-4(5)8/h2-3,7H,1H3. The van der Waals surface area contributed by atoms with Crippen molar-refractivity contribution in [3.8, 4) is 11.6 Å². The van der Waals surface area contributed by atoms with Crippen molar-refractivity contribution in [1.82, 2.24) is 4.98 Å². The molecule has 1 aromatic rings. The van der Waals surface area contributed by atoms with Crippen LogP contribution in [0.15, 0.2) is 16.7 Å². The largest absolute Gasteiger partial charge is 0.495 e. The molecule has 0 saturated heterocycles. The van der Waals surface area contributed by atoms with Crippen LogP contribution in [0, 0.1) is 0 Å². The minimum Gasteiger partial charge on any atom is -0.495 e. The van der Waals surface area contributed by atoms with E-state index in [1.54, 1.807) is 0 Å². The van der Waals surface area contributed by atoms with Crippen molar-refractivity contribution >= 4 is 15.9 Å². The summed E-state index contributed by atoms with van der Waals surface area (Å²) in [5.74, 6) is 0.223. The van der Waals surface area contributed by atoms with Gasteiger partial charge in [-0.15, -0.1) is 0 Å². The number of hydrogen-bond donors (Lipinski definition) is 0. The fourth-order valence-corrected chi connectivity index (χ4v) is 1.09. The van der Waals surface area contributed by atoms with E-state index in [0.717, 1.165) is 0 Å². The van der Waals surface area contributed by atoms with Crippen LogP contribution >= 0.6 is 15.9 Å². The van der Waals surface area contributed by atoms with Crippen molar-refractivity contribution in [3.63, 3.8) is 0 Å². The maximum atomic E-state index is 11.7. The van der Waals surface area contributed by atoms with Crippen LogP contribution in [0.3, 0.4) is 0 Å². The Hall–Kier alpha value is -0.910. The van der Waals surface area contributed by atoms with Gasteiger partial charge in [-0.2, -0.15) is 8.78 Å². The smallest absolute Gasteiger partial charge is 0.388 e. The number of aromatic nitrogens is 1. The van der Waals surface area contributed by atoms with Gasteiger partial charge in [0.1, 0.15) is 5.75 Å². The Labute approximate surface area is 81.8 Å². The number of ether oxygens (including phenoxy) is 2. The molecule has 0 aliphatic heterocycles. The van der Waals surface area contributed by atoms with E-state index in [9.17, 15) is 8.78 Å². The molecule has 0 fully saturated rings. The molecule has 0 aliphatic rings. The van der Waals surface area contributed by atoms with Crippen LogP contribution in [0.25, 0.3) is 0 Å². The maximum absolute atomic E-state index is 11.7. The number of nitrogens with zero attached hydrogens (tertiary/aromatic N) is 1. The van der Waals surface area contributed by atoms with Crippen LogP contribution in [0.5, 0.6) is 11.6 Å². The first-order valence-corrected chi connectivity index (χ1v) is 4.07. The fraction of sp³-hybridized carbons (Fsp3) is 0.286. The lowest BCUT2D eigenvalue weighted by molar-refractivity contribution is -0.0529. The van der Waals surface area contributed by atoms with Gasteiger partial charge in [0.2, 0.25) is 5.88 Å². The number of rotatable bonds is 3. The Morgan fingerprint density at radius 2 is 2.23 bits per heavy atom. The molecule has 0 aromatic carbocycles. The van der Waals surface area contributed by atoms with Gasteiger partial charge in [0.25, 0.3) is 0 Å². The van der Waals surface area contributed by atoms with Gasteiger partial charge in [-0.05, 0) is 15.9 Å². The molecule has 0 aliphatic carbocycles. The van der Waals surface area contributed by atoms with Crippen LogP contribution < -0.4 is 9.47 Å². The van der Waals surface area contributed by atoms with Crippen LogP contribution in [-0.2, 0) is 0 Å². The van der Waals surface area contributed by atoms with E-state index in [-0.39, 0.29) is 5.88 Å². The minimum atomic E-state index is -2.88. The number of methoxy groups -OCH3 is 1. The third-order valence-corrected chi connectivity index (χ3v) is 1.82. The van der Waals surface area contributed by atoms with Crippen LogP contribution in [-0.4, -0.2) is 18.7 Å². The van der Waals surface area contributed by atoms with Crippen molar-refractivity contribution in [1.29, 1.82) is 0 Å². The maximum Gasteiger partial charge on any atom is 0.388 e. The van der Waals surface area contributed by atoms with Gasteiger partial charge in [0, 0.05) is 12.3 Å². The van der Waals surface area contributed by atoms with Gasteiger partial charge in [0.15, 0.2) is 0 Å². The lowest BCUT2D eigenvalue weighted by Crippen LogP contribution is -2.03. The monoisotopic (exact) mass is 253 g/mol. The second-order valence-electron chi connectivity index (χ2n) is 2.04. The topological polar surface area (TPSA) is 31.4 Å². The molecule has 0 spiro atoms. The van der Waals surface area contributed by atoms with Crippen molar-refractivity contribution in [3.05, 3.63) is 16.7 Å². The summed E-state index contributed by atoms with van der Waals surface area (Å²) in [6.07, 6.45) is 1.33. The van der Waals surface area contributed by atoms with Crippen molar-refractivity contribution < 1.29 is 18.3 Å². The lowest BCUT2D eigenvalue weighted by Gasteiger charge is -2.06. The third kappa shape index (κ3) is 2.80. The fourth-order valence-electron chi connectivity index (χ4n) is 0.714. The Morgan fingerprint density at radius 3 is 2.77 bits per heavy atom. The number of alkyl halides is 2. The first-order chi connectivity index (χ1) is 6.13. The Bertz CT molecular complexity index is 296. The van der Waals surface area contributed by atoms with Crippen molar-refractivity contribution in [2.75, 3.05) is 7.11 Å². The zero-order valence-electron chi connectivity index (χ0n) is 6.63. The normalized spacial score (nSPS) is 10.2. The van der Waals surface area contributed by atoms with E-state index in [1.165, 1.54) is 19.4 Å². The lowest BCUT2D eigenvalue weighted by atomic mass is 10.4. The van der Waals surface area contributed by atoms with E-state index in [0.29, 0.717) is 10.2 Å². The second-order valence-corrected chi connectivity index (χ2v) is 2.89. The van der Waals surface area contributed by atoms with E-state index in [2.05, 4.69) is 25.7 Å². The third-order valence-electron chi connectivity index (χ3n) is 1.22. The minimum absolute atomic E-state index is 0.171. The van der Waals surface area contributed by atoms with E-state index < -0.39 is 6.61 Å². The first kappa shape index (κ1) is 10.2. The molecular weight excluding hydrogens is 248 g/mol. The van der Waals surface area contributed by atoms with Gasteiger partial charge in [-0.1, -0.05) is 0 Å². The average Bonchev–Trinajstić information content (AvgIpc) is 2.07. The van der Waals surface area contributed by atoms with E-state index in [1.807, 2.05) is 0 Å². The summed E-state index contributed by atoms with van der Waals surface area (Å²) in [4.78, 5) is 3.60. The van der Waals surface area contributed by atoms with Crippen molar-refractivity contribution in [2.45, 2.75) is 6.61 Å². The molecule has 0 unspecified atom stereocenters. The molecule has 1 heterocycles. The SMILES string of the molecule is COc1cc(OC(F)F)ncc1Br. The van der Waals surface area contributed by atoms with Gasteiger partial charge in [0.05, 0.1) is 11.6 Å². The van der Waals surface area contributed by atoms with Crippen LogP contribution in [0.2, 0.25) is 0 Å². The number of hydrogen-bond acceptors (Lipinski definition) is 3. The van der Waals surface area contributed by atoms with E-state index >= 15 is 0 Å². The van der Waals surface area contributed by atoms with Crippen LogP contribution in [0.1, 0.15) is 0 Å². The molecular formula is C7H6BrF2NO2. The summed E-state index contributed by atoms with van der Waals surface area (Å²) in [6.45, 7) is -2.88. The zero-order chi connectivity index (χ0) is 9.84. The average molecular weight is 254 g/mol. The summed E-state index contributed by atoms with van der Waals surface area (Å²) < 4.78 is 33.0. The first-order valence-electron chi connectivity index (χ1n) is 3.28. The van der Waals surface area contributed by atoms with Gasteiger partial charge in [-0.3, -0.25) is 0 Å². The van der Waals surface area contributed by atoms with E-state index in [4.69, 9.17) is 4.74 Å². The van der Waals surface area contributed by atoms with Gasteiger partial charge >= 0.3 is 6.61 Å².